The summed E-state index contributed by atoms with van der Waals surface area (Å²) in [5.74, 6) is -1.03. The van der Waals surface area contributed by atoms with Gasteiger partial charge in [-0.3, -0.25) is 5.10 Å². The lowest BCUT2D eigenvalue weighted by Gasteiger charge is -2.29. The summed E-state index contributed by atoms with van der Waals surface area (Å²) in [6, 6.07) is 11.4. The van der Waals surface area contributed by atoms with Crippen LogP contribution in [0, 0.1) is 12.7 Å². The molecular weight excluding hydrogens is 535 g/mol. The summed E-state index contributed by atoms with van der Waals surface area (Å²) in [5, 5.41) is 17.4. The third kappa shape index (κ3) is 4.64. The minimum Gasteiger partial charge on any atom is -0.508 e. The molecule has 0 amide bonds. The predicted molar refractivity (Wildman–Crippen MR) is 141 cm³/mol. The number of rotatable bonds is 4. The number of nitrogens with zero attached hydrogens (tertiary/aromatic N) is 3. The first-order valence-corrected chi connectivity index (χ1v) is 13.1. The number of phenolic OH excluding ortho intramolecular Hbond substituents is 1. The van der Waals surface area contributed by atoms with Crippen molar-refractivity contribution in [2.24, 2.45) is 0 Å². The van der Waals surface area contributed by atoms with Gasteiger partial charge in [0.25, 0.3) is 0 Å². The third-order valence-electron chi connectivity index (χ3n) is 6.29. The van der Waals surface area contributed by atoms with E-state index in [-0.39, 0.29) is 38.9 Å². The van der Waals surface area contributed by atoms with E-state index in [4.69, 9.17) is 0 Å². The summed E-state index contributed by atoms with van der Waals surface area (Å²) >= 11 is 0. The van der Waals surface area contributed by atoms with Crippen LogP contribution in [0.4, 0.5) is 10.1 Å². The standard InChI is InChI=1S/C25H25FN4O3S.BrH/c1-15-21-22(16-6-8-17(9-7-16)30-12-4-3-5-13-30)24(34(2,32)33)23(27-25(21)29-28-15)19-11-10-18(31)14-20(19)26;/h6-11,14,31H,3-5,12-13H2,1-2H3,(H,27,28,29);1H. The minimum atomic E-state index is -3.85. The van der Waals surface area contributed by atoms with Crippen molar-refractivity contribution in [2.75, 3.05) is 24.2 Å². The number of phenols is 1. The molecule has 7 nitrogen and oxygen atoms in total. The summed E-state index contributed by atoms with van der Waals surface area (Å²) in [6.07, 6.45) is 4.64. The highest BCUT2D eigenvalue weighted by atomic mass is 79.9. The van der Waals surface area contributed by atoms with E-state index in [1.807, 2.05) is 24.3 Å². The van der Waals surface area contributed by atoms with Gasteiger partial charge in [-0.2, -0.15) is 5.10 Å². The van der Waals surface area contributed by atoms with Gasteiger partial charge in [-0.05, 0) is 56.0 Å². The minimum absolute atomic E-state index is 0. The number of sulfone groups is 1. The lowest BCUT2D eigenvalue weighted by Crippen LogP contribution is -2.29. The highest BCUT2D eigenvalue weighted by Crippen LogP contribution is 2.42. The van der Waals surface area contributed by atoms with Crippen molar-refractivity contribution in [3.63, 3.8) is 0 Å². The number of H-pyrrole nitrogens is 1. The fraction of sp³-hybridized carbons (Fsp3) is 0.280. The predicted octanol–water partition coefficient (Wildman–Crippen LogP) is 5.42. The van der Waals surface area contributed by atoms with Crippen molar-refractivity contribution < 1.29 is 17.9 Å². The molecule has 184 valence electrons. The Balaban J connectivity index is 0.00000289. The van der Waals surface area contributed by atoms with Crippen molar-refractivity contribution in [1.29, 1.82) is 0 Å². The fourth-order valence-corrected chi connectivity index (χ4v) is 5.79. The topological polar surface area (TPSA) is 99.2 Å². The number of fused-ring (bicyclic) bond motifs is 1. The van der Waals surface area contributed by atoms with Gasteiger partial charge in [-0.1, -0.05) is 12.1 Å². The first-order valence-electron chi connectivity index (χ1n) is 11.2. The monoisotopic (exact) mass is 560 g/mol. The maximum atomic E-state index is 14.9. The fourth-order valence-electron chi connectivity index (χ4n) is 4.69. The molecule has 3 heterocycles. The van der Waals surface area contributed by atoms with E-state index < -0.39 is 15.7 Å². The van der Waals surface area contributed by atoms with Gasteiger partial charge in [0.05, 0.1) is 11.1 Å². The number of aromatic amines is 1. The second kappa shape index (κ2) is 9.58. The Bertz CT molecular complexity index is 1500. The largest absolute Gasteiger partial charge is 0.508 e. The van der Waals surface area contributed by atoms with Crippen LogP contribution >= 0.6 is 17.0 Å². The molecule has 1 saturated heterocycles. The average Bonchev–Trinajstić information content (AvgIpc) is 3.18. The Labute approximate surface area is 213 Å². The number of hydrogen-bond donors (Lipinski definition) is 2. The van der Waals surface area contributed by atoms with Gasteiger partial charge in [0, 0.05) is 47.9 Å². The van der Waals surface area contributed by atoms with Crippen LogP contribution < -0.4 is 4.90 Å². The number of hydrogen-bond acceptors (Lipinski definition) is 6. The number of aryl methyl sites for hydroxylation is 1. The van der Waals surface area contributed by atoms with E-state index >= 15 is 0 Å². The summed E-state index contributed by atoms with van der Waals surface area (Å²) in [4.78, 5) is 6.71. The van der Waals surface area contributed by atoms with Crippen molar-refractivity contribution in [3.05, 3.63) is 54.0 Å². The quantitative estimate of drug-likeness (QED) is 0.346. The van der Waals surface area contributed by atoms with E-state index in [1.54, 1.807) is 6.92 Å². The van der Waals surface area contributed by atoms with Crippen molar-refractivity contribution in [2.45, 2.75) is 31.1 Å². The van der Waals surface area contributed by atoms with Gasteiger partial charge in [0.2, 0.25) is 0 Å². The van der Waals surface area contributed by atoms with Gasteiger partial charge in [0.15, 0.2) is 15.5 Å². The van der Waals surface area contributed by atoms with Crippen LogP contribution in [0.1, 0.15) is 25.0 Å². The number of pyridine rings is 1. The lowest BCUT2D eigenvalue weighted by atomic mass is 9.98. The van der Waals surface area contributed by atoms with Gasteiger partial charge in [0.1, 0.15) is 16.5 Å². The average molecular weight is 561 g/mol. The Morgan fingerprint density at radius 2 is 1.74 bits per heavy atom. The van der Waals surface area contributed by atoms with E-state index in [9.17, 15) is 17.9 Å². The molecule has 10 heteroatoms. The smallest absolute Gasteiger partial charge is 0.182 e. The van der Waals surface area contributed by atoms with Crippen LogP contribution in [-0.2, 0) is 9.84 Å². The molecule has 4 aromatic rings. The SMILES string of the molecule is Br.Cc1[nH]nc2nc(-c3ccc(O)cc3F)c(S(C)(=O)=O)c(-c3ccc(N4CCCCC4)cc3)c12. The number of halogens is 2. The van der Waals surface area contributed by atoms with Gasteiger partial charge >= 0.3 is 0 Å². The van der Waals surface area contributed by atoms with Gasteiger partial charge in [-0.25, -0.2) is 17.8 Å². The van der Waals surface area contributed by atoms with Crippen molar-refractivity contribution in [3.8, 4) is 28.1 Å². The Hall–Kier alpha value is -2.98. The van der Waals surface area contributed by atoms with E-state index in [0.717, 1.165) is 43.9 Å². The van der Waals surface area contributed by atoms with Crippen LogP contribution in [0.15, 0.2) is 47.4 Å². The Morgan fingerprint density at radius 1 is 1.06 bits per heavy atom. The Kier molecular flexibility index (Phi) is 6.88. The maximum Gasteiger partial charge on any atom is 0.182 e. The number of anilines is 1. The summed E-state index contributed by atoms with van der Waals surface area (Å²) in [7, 11) is -3.85. The number of benzene rings is 2. The van der Waals surface area contributed by atoms with Crippen molar-refractivity contribution in [1.82, 2.24) is 15.2 Å². The maximum absolute atomic E-state index is 14.9. The molecule has 0 spiro atoms. The first kappa shape index (κ1) is 25.1. The molecule has 1 aliphatic heterocycles. The molecule has 0 aliphatic carbocycles. The lowest BCUT2D eigenvalue weighted by molar-refractivity contribution is 0.469. The zero-order chi connectivity index (χ0) is 24.0. The second-order valence-electron chi connectivity index (χ2n) is 8.74. The normalized spacial score (nSPS) is 14.2. The van der Waals surface area contributed by atoms with Crippen LogP contribution in [0.25, 0.3) is 33.4 Å². The molecule has 35 heavy (non-hydrogen) atoms. The number of aromatic nitrogens is 3. The zero-order valence-electron chi connectivity index (χ0n) is 19.4. The molecule has 2 N–H and O–H groups in total. The highest BCUT2D eigenvalue weighted by molar-refractivity contribution is 8.93. The molecule has 1 fully saturated rings. The number of piperidine rings is 1. The molecule has 0 atom stereocenters. The molecule has 2 aromatic heterocycles. The molecular formula is C25H26BrFN4O3S. The molecule has 2 aromatic carbocycles. The van der Waals surface area contributed by atoms with Crippen LogP contribution in [0.3, 0.4) is 0 Å². The van der Waals surface area contributed by atoms with Gasteiger partial charge < -0.3 is 10.0 Å². The molecule has 5 rings (SSSR count). The molecule has 0 unspecified atom stereocenters. The third-order valence-corrected chi connectivity index (χ3v) is 7.43. The van der Waals surface area contributed by atoms with Gasteiger partial charge in [-0.15, -0.1) is 17.0 Å². The molecule has 0 saturated carbocycles. The van der Waals surface area contributed by atoms with E-state index in [2.05, 4.69) is 20.1 Å². The zero-order valence-corrected chi connectivity index (χ0v) is 21.9. The summed E-state index contributed by atoms with van der Waals surface area (Å²) in [6.45, 7) is 3.80. The van der Waals surface area contributed by atoms with Crippen molar-refractivity contribution >= 4 is 43.5 Å². The Morgan fingerprint density at radius 3 is 2.37 bits per heavy atom. The molecule has 0 bridgehead atoms. The molecule has 1 aliphatic rings. The van der Waals surface area contributed by atoms with E-state index in [0.29, 0.717) is 27.9 Å². The van der Waals surface area contributed by atoms with E-state index in [1.165, 1.54) is 18.6 Å². The van der Waals surface area contributed by atoms with Crippen LogP contribution in [0.2, 0.25) is 0 Å². The second-order valence-corrected chi connectivity index (χ2v) is 10.7. The van der Waals surface area contributed by atoms with Crippen LogP contribution in [0.5, 0.6) is 5.75 Å². The number of nitrogens with one attached hydrogen (secondary N) is 1. The number of aromatic hydroxyl groups is 1. The first-order chi connectivity index (χ1) is 16.2. The van der Waals surface area contributed by atoms with Crippen LogP contribution in [-0.4, -0.2) is 48.1 Å². The molecule has 0 radical (unpaired) electrons. The summed E-state index contributed by atoms with van der Waals surface area (Å²) < 4.78 is 41.2. The summed E-state index contributed by atoms with van der Waals surface area (Å²) in [5.41, 5.74) is 3.11. The highest BCUT2D eigenvalue weighted by Gasteiger charge is 2.28.